The Hall–Kier alpha value is -1.10. The van der Waals surface area contributed by atoms with E-state index in [0.717, 1.165) is 38.5 Å². The van der Waals surface area contributed by atoms with Crippen molar-refractivity contribution in [3.8, 4) is 0 Å². The van der Waals surface area contributed by atoms with Crippen LogP contribution in [0.3, 0.4) is 0 Å². The van der Waals surface area contributed by atoms with E-state index in [9.17, 15) is 14.7 Å². The molecule has 1 amide bonds. The van der Waals surface area contributed by atoms with Crippen LogP contribution in [-0.2, 0) is 9.59 Å². The molecule has 2 rings (SSSR count). The second kappa shape index (κ2) is 5.69. The number of carboxylic acid groups (broad SMARTS) is 1. The summed E-state index contributed by atoms with van der Waals surface area (Å²) in [6, 6.07) is -0.733. The first-order chi connectivity index (χ1) is 8.61. The summed E-state index contributed by atoms with van der Waals surface area (Å²) >= 11 is 0. The van der Waals surface area contributed by atoms with Gasteiger partial charge in [-0.05, 0) is 32.1 Å². The second-order valence-corrected chi connectivity index (χ2v) is 5.44. The Kier molecular flexibility index (Phi) is 4.22. The first-order valence-corrected chi connectivity index (χ1v) is 6.90. The standard InChI is InChI=1S/C13H22N2O3/c14-10-6-2-1-5-9(10)12(16)15-8-4-3-7-11(15)13(17)18/h9-11H,1-8,14H2,(H,17,18)/t9?,10?,11-/m0/s1. The number of aliphatic carboxylic acids is 1. The quantitative estimate of drug-likeness (QED) is 0.769. The Labute approximate surface area is 107 Å². The van der Waals surface area contributed by atoms with Crippen molar-refractivity contribution in [2.45, 2.75) is 57.0 Å². The predicted octanol–water partition coefficient (Wildman–Crippen LogP) is 0.970. The lowest BCUT2D eigenvalue weighted by Crippen LogP contribution is -2.53. The molecule has 0 aromatic heterocycles. The van der Waals surface area contributed by atoms with Crippen molar-refractivity contribution in [1.29, 1.82) is 0 Å². The van der Waals surface area contributed by atoms with Gasteiger partial charge in [-0.15, -0.1) is 0 Å². The minimum Gasteiger partial charge on any atom is -0.480 e. The van der Waals surface area contributed by atoms with E-state index in [1.165, 1.54) is 0 Å². The molecule has 1 saturated carbocycles. The molecule has 2 unspecified atom stereocenters. The van der Waals surface area contributed by atoms with Gasteiger partial charge >= 0.3 is 5.97 Å². The van der Waals surface area contributed by atoms with E-state index < -0.39 is 12.0 Å². The summed E-state index contributed by atoms with van der Waals surface area (Å²) in [5.74, 6) is -1.08. The van der Waals surface area contributed by atoms with E-state index in [1.54, 1.807) is 4.90 Å². The van der Waals surface area contributed by atoms with Crippen molar-refractivity contribution in [3.05, 3.63) is 0 Å². The molecule has 5 heteroatoms. The van der Waals surface area contributed by atoms with Crippen LogP contribution in [0.5, 0.6) is 0 Å². The SMILES string of the molecule is NC1CCCCC1C(=O)N1CCCC[C@H]1C(=O)O. The van der Waals surface area contributed by atoms with Gasteiger partial charge in [0.15, 0.2) is 0 Å². The van der Waals surface area contributed by atoms with Crippen LogP contribution in [0.1, 0.15) is 44.9 Å². The number of piperidine rings is 1. The summed E-state index contributed by atoms with van der Waals surface area (Å²) in [4.78, 5) is 25.2. The van der Waals surface area contributed by atoms with Crippen LogP contribution < -0.4 is 5.73 Å². The zero-order valence-corrected chi connectivity index (χ0v) is 10.7. The largest absolute Gasteiger partial charge is 0.480 e. The van der Waals surface area contributed by atoms with Gasteiger partial charge in [0.1, 0.15) is 6.04 Å². The Morgan fingerprint density at radius 2 is 1.72 bits per heavy atom. The fraction of sp³-hybridized carbons (Fsp3) is 0.846. The maximum absolute atomic E-state index is 12.5. The number of hydrogen-bond donors (Lipinski definition) is 2. The van der Waals surface area contributed by atoms with Crippen LogP contribution in [0.25, 0.3) is 0 Å². The summed E-state index contributed by atoms with van der Waals surface area (Å²) in [7, 11) is 0. The molecular weight excluding hydrogens is 232 g/mol. The van der Waals surface area contributed by atoms with Gasteiger partial charge in [-0.25, -0.2) is 4.79 Å². The molecule has 2 aliphatic rings. The topological polar surface area (TPSA) is 83.6 Å². The van der Waals surface area contributed by atoms with Crippen LogP contribution >= 0.6 is 0 Å². The van der Waals surface area contributed by atoms with Gasteiger partial charge in [-0.3, -0.25) is 4.79 Å². The van der Waals surface area contributed by atoms with E-state index in [4.69, 9.17) is 5.73 Å². The zero-order valence-electron chi connectivity index (χ0n) is 10.7. The highest BCUT2D eigenvalue weighted by Crippen LogP contribution is 2.27. The molecule has 0 aromatic carbocycles. The lowest BCUT2D eigenvalue weighted by atomic mass is 9.83. The van der Waals surface area contributed by atoms with Gasteiger partial charge in [0.25, 0.3) is 0 Å². The number of amides is 1. The number of carbonyl (C=O) groups excluding carboxylic acids is 1. The van der Waals surface area contributed by atoms with Gasteiger partial charge < -0.3 is 15.7 Å². The summed E-state index contributed by atoms with van der Waals surface area (Å²) in [5, 5.41) is 9.20. The third-order valence-electron chi connectivity index (χ3n) is 4.21. The molecule has 0 bridgehead atoms. The van der Waals surface area contributed by atoms with Crippen molar-refractivity contribution >= 4 is 11.9 Å². The second-order valence-electron chi connectivity index (χ2n) is 5.44. The van der Waals surface area contributed by atoms with E-state index in [0.29, 0.717) is 13.0 Å². The molecule has 1 saturated heterocycles. The summed E-state index contributed by atoms with van der Waals surface area (Å²) < 4.78 is 0. The van der Waals surface area contributed by atoms with Crippen LogP contribution in [0.2, 0.25) is 0 Å². The minimum absolute atomic E-state index is 0.0331. The number of likely N-dealkylation sites (tertiary alicyclic amines) is 1. The molecule has 1 heterocycles. The summed E-state index contributed by atoms with van der Waals surface area (Å²) in [6.07, 6.45) is 6.14. The number of carbonyl (C=O) groups is 2. The average Bonchev–Trinajstić information content (AvgIpc) is 2.38. The highest BCUT2D eigenvalue weighted by atomic mass is 16.4. The summed E-state index contributed by atoms with van der Waals surface area (Å²) in [6.45, 7) is 0.568. The Bertz CT molecular complexity index is 332. The molecule has 102 valence electrons. The molecule has 0 radical (unpaired) electrons. The van der Waals surface area contributed by atoms with Gasteiger partial charge in [0, 0.05) is 12.6 Å². The van der Waals surface area contributed by atoms with Crippen LogP contribution in [-0.4, -0.2) is 40.5 Å². The monoisotopic (exact) mass is 254 g/mol. The Morgan fingerprint density at radius 3 is 2.39 bits per heavy atom. The number of carboxylic acids is 1. The third kappa shape index (κ3) is 2.66. The smallest absolute Gasteiger partial charge is 0.326 e. The molecule has 0 aromatic rings. The molecular formula is C13H22N2O3. The van der Waals surface area contributed by atoms with E-state index in [-0.39, 0.29) is 17.9 Å². The molecule has 5 nitrogen and oxygen atoms in total. The Morgan fingerprint density at radius 1 is 1.06 bits per heavy atom. The van der Waals surface area contributed by atoms with E-state index in [1.807, 2.05) is 0 Å². The number of nitrogens with two attached hydrogens (primary N) is 1. The lowest BCUT2D eigenvalue weighted by molar-refractivity contribution is -0.154. The fourth-order valence-corrected chi connectivity index (χ4v) is 3.13. The van der Waals surface area contributed by atoms with E-state index in [2.05, 4.69) is 0 Å². The molecule has 1 aliphatic carbocycles. The molecule has 1 aliphatic heterocycles. The van der Waals surface area contributed by atoms with Gasteiger partial charge in [-0.1, -0.05) is 12.8 Å². The zero-order chi connectivity index (χ0) is 13.1. The van der Waals surface area contributed by atoms with Crippen molar-refractivity contribution in [1.82, 2.24) is 4.90 Å². The highest BCUT2D eigenvalue weighted by molar-refractivity contribution is 5.85. The fourth-order valence-electron chi connectivity index (χ4n) is 3.13. The molecule has 3 atom stereocenters. The molecule has 2 fully saturated rings. The number of nitrogens with zero attached hydrogens (tertiary/aromatic N) is 1. The number of hydrogen-bond acceptors (Lipinski definition) is 3. The molecule has 3 N–H and O–H groups in total. The van der Waals surface area contributed by atoms with Gasteiger partial charge in [0.05, 0.1) is 5.92 Å². The van der Waals surface area contributed by atoms with Crippen LogP contribution in [0.15, 0.2) is 0 Å². The average molecular weight is 254 g/mol. The van der Waals surface area contributed by atoms with E-state index >= 15 is 0 Å². The highest BCUT2D eigenvalue weighted by Gasteiger charge is 2.38. The first kappa shape index (κ1) is 13.3. The third-order valence-corrected chi connectivity index (χ3v) is 4.21. The first-order valence-electron chi connectivity index (χ1n) is 6.90. The normalized spacial score (nSPS) is 33.2. The predicted molar refractivity (Wildman–Crippen MR) is 66.9 cm³/mol. The molecule has 18 heavy (non-hydrogen) atoms. The van der Waals surface area contributed by atoms with Gasteiger partial charge in [0.2, 0.25) is 5.91 Å². The van der Waals surface area contributed by atoms with Crippen molar-refractivity contribution < 1.29 is 14.7 Å². The van der Waals surface area contributed by atoms with Crippen LogP contribution in [0, 0.1) is 5.92 Å². The maximum Gasteiger partial charge on any atom is 0.326 e. The summed E-state index contributed by atoms with van der Waals surface area (Å²) in [5.41, 5.74) is 6.01. The van der Waals surface area contributed by atoms with Crippen molar-refractivity contribution in [2.24, 2.45) is 11.7 Å². The molecule has 0 spiro atoms. The minimum atomic E-state index is -0.882. The lowest BCUT2D eigenvalue weighted by Gasteiger charge is -2.38. The Balaban J connectivity index is 2.07. The number of rotatable bonds is 2. The van der Waals surface area contributed by atoms with Crippen molar-refractivity contribution in [2.75, 3.05) is 6.54 Å². The van der Waals surface area contributed by atoms with Crippen LogP contribution in [0.4, 0.5) is 0 Å². The van der Waals surface area contributed by atoms with Gasteiger partial charge in [-0.2, -0.15) is 0 Å². The van der Waals surface area contributed by atoms with Crippen molar-refractivity contribution in [3.63, 3.8) is 0 Å². The maximum atomic E-state index is 12.5.